The van der Waals surface area contributed by atoms with Crippen LogP contribution in [0.5, 0.6) is 17.2 Å². The van der Waals surface area contributed by atoms with Crippen LogP contribution in [0.2, 0.25) is 0 Å². The molecule has 0 fully saturated rings. The van der Waals surface area contributed by atoms with Gasteiger partial charge in [0.1, 0.15) is 5.75 Å². The smallest absolute Gasteiger partial charge is 0.251 e. The van der Waals surface area contributed by atoms with Gasteiger partial charge in [0.15, 0.2) is 11.5 Å². The number of hydrogen-bond donors (Lipinski definition) is 1. The number of carbonyl (C=O) groups excluding carboxylic acids is 1. The summed E-state index contributed by atoms with van der Waals surface area (Å²) >= 11 is 0. The van der Waals surface area contributed by atoms with Crippen molar-refractivity contribution >= 4 is 5.91 Å². The Morgan fingerprint density at radius 1 is 0.840 bits per heavy atom. The molecule has 1 amide bonds. The van der Waals surface area contributed by atoms with Crippen LogP contribution >= 0.6 is 0 Å². The van der Waals surface area contributed by atoms with Crippen LogP contribution < -0.4 is 19.5 Å². The first-order valence-corrected chi connectivity index (χ1v) is 8.58. The number of nitrogens with one attached hydrogen (secondary N) is 1. The third-order valence-corrected chi connectivity index (χ3v) is 3.52. The highest BCUT2D eigenvalue weighted by Crippen LogP contribution is 2.28. The zero-order valence-electron chi connectivity index (χ0n) is 15.0. The van der Waals surface area contributed by atoms with Crippen LogP contribution in [-0.4, -0.2) is 25.7 Å². The molecule has 2 rings (SSSR count). The molecule has 0 aliphatic rings. The maximum absolute atomic E-state index is 12.5. The van der Waals surface area contributed by atoms with Crippen molar-refractivity contribution in [2.75, 3.05) is 19.8 Å². The highest BCUT2D eigenvalue weighted by atomic mass is 16.5. The van der Waals surface area contributed by atoms with E-state index in [0.717, 1.165) is 11.3 Å². The second-order valence-electron chi connectivity index (χ2n) is 5.25. The molecule has 0 bridgehead atoms. The fourth-order valence-electron chi connectivity index (χ4n) is 2.42. The van der Waals surface area contributed by atoms with Gasteiger partial charge in [-0.3, -0.25) is 4.79 Å². The minimum Gasteiger partial charge on any atom is -0.494 e. The average molecular weight is 343 g/mol. The molecule has 0 aliphatic heterocycles. The summed E-state index contributed by atoms with van der Waals surface area (Å²) in [5.41, 5.74) is 1.47. The summed E-state index contributed by atoms with van der Waals surface area (Å²) in [7, 11) is 0. The van der Waals surface area contributed by atoms with Gasteiger partial charge in [0.2, 0.25) is 0 Å². The minimum atomic E-state index is -0.171. The maximum Gasteiger partial charge on any atom is 0.251 e. The SMILES string of the molecule is CCOc1ccccc1CNC(=O)c1ccc(OCC)c(OCC)c1. The third kappa shape index (κ3) is 5.14. The molecule has 2 aromatic rings. The highest BCUT2D eigenvalue weighted by Gasteiger charge is 2.12. The normalized spacial score (nSPS) is 10.2. The van der Waals surface area contributed by atoms with E-state index < -0.39 is 0 Å². The van der Waals surface area contributed by atoms with Crippen LogP contribution in [0.1, 0.15) is 36.7 Å². The first-order chi connectivity index (χ1) is 12.2. The fraction of sp³-hybridized carbons (Fsp3) is 0.350. The van der Waals surface area contributed by atoms with Gasteiger partial charge in [0.05, 0.1) is 19.8 Å². The van der Waals surface area contributed by atoms with Crippen LogP contribution in [0.25, 0.3) is 0 Å². The van der Waals surface area contributed by atoms with Crippen molar-refractivity contribution in [3.63, 3.8) is 0 Å². The quantitative estimate of drug-likeness (QED) is 0.752. The van der Waals surface area contributed by atoms with E-state index in [1.807, 2.05) is 45.0 Å². The first-order valence-electron chi connectivity index (χ1n) is 8.58. The minimum absolute atomic E-state index is 0.171. The molecule has 0 radical (unpaired) electrons. The molecule has 0 spiro atoms. The topological polar surface area (TPSA) is 56.8 Å². The predicted molar refractivity (Wildman–Crippen MR) is 97.6 cm³/mol. The van der Waals surface area contributed by atoms with Gasteiger partial charge < -0.3 is 19.5 Å². The van der Waals surface area contributed by atoms with E-state index >= 15 is 0 Å². The van der Waals surface area contributed by atoms with Gasteiger partial charge in [-0.15, -0.1) is 0 Å². The Morgan fingerprint density at radius 2 is 1.48 bits per heavy atom. The maximum atomic E-state index is 12.5. The van der Waals surface area contributed by atoms with Gasteiger partial charge in [-0.1, -0.05) is 18.2 Å². The number of rotatable bonds is 9. The molecule has 1 N–H and O–H groups in total. The Labute approximate surface area is 148 Å². The molecule has 0 aliphatic carbocycles. The Kier molecular flexibility index (Phi) is 7.14. The molecule has 0 saturated carbocycles. The number of ether oxygens (including phenoxy) is 3. The van der Waals surface area contributed by atoms with E-state index in [4.69, 9.17) is 14.2 Å². The van der Waals surface area contributed by atoms with Gasteiger partial charge in [-0.05, 0) is 45.0 Å². The molecule has 0 aromatic heterocycles. The molecule has 0 heterocycles. The standard InChI is InChI=1S/C20H25NO4/c1-4-23-17-10-8-7-9-16(17)14-21-20(22)15-11-12-18(24-5-2)19(13-15)25-6-3/h7-13H,4-6,14H2,1-3H3,(H,21,22). The number of amides is 1. The molecule has 5 heteroatoms. The fourth-order valence-corrected chi connectivity index (χ4v) is 2.42. The Hall–Kier alpha value is -2.69. The van der Waals surface area contributed by atoms with E-state index in [1.165, 1.54) is 0 Å². The van der Waals surface area contributed by atoms with E-state index in [9.17, 15) is 4.79 Å². The molecule has 0 unspecified atom stereocenters. The highest BCUT2D eigenvalue weighted by molar-refractivity contribution is 5.94. The van der Waals surface area contributed by atoms with Crippen molar-refractivity contribution in [3.05, 3.63) is 53.6 Å². The Morgan fingerprint density at radius 3 is 2.20 bits per heavy atom. The average Bonchev–Trinajstić information content (AvgIpc) is 2.63. The van der Waals surface area contributed by atoms with Crippen LogP contribution in [-0.2, 0) is 6.54 Å². The second kappa shape index (κ2) is 9.57. The summed E-state index contributed by atoms with van der Waals surface area (Å²) in [6.07, 6.45) is 0. The molecule has 5 nitrogen and oxygen atoms in total. The molecule has 134 valence electrons. The molecular formula is C20H25NO4. The third-order valence-electron chi connectivity index (χ3n) is 3.52. The number of para-hydroxylation sites is 1. The predicted octanol–water partition coefficient (Wildman–Crippen LogP) is 3.81. The van der Waals surface area contributed by atoms with Crippen molar-refractivity contribution in [2.45, 2.75) is 27.3 Å². The van der Waals surface area contributed by atoms with Crippen LogP contribution in [0, 0.1) is 0 Å². The van der Waals surface area contributed by atoms with E-state index in [1.54, 1.807) is 18.2 Å². The zero-order chi connectivity index (χ0) is 18.1. The summed E-state index contributed by atoms with van der Waals surface area (Å²) in [6.45, 7) is 7.77. The summed E-state index contributed by atoms with van der Waals surface area (Å²) in [5, 5.41) is 2.92. The van der Waals surface area contributed by atoms with Crippen LogP contribution in [0.15, 0.2) is 42.5 Å². The van der Waals surface area contributed by atoms with Crippen molar-refractivity contribution in [3.8, 4) is 17.2 Å². The first kappa shape index (κ1) is 18.6. The molecule has 25 heavy (non-hydrogen) atoms. The van der Waals surface area contributed by atoms with Gasteiger partial charge >= 0.3 is 0 Å². The lowest BCUT2D eigenvalue weighted by atomic mass is 10.1. The van der Waals surface area contributed by atoms with Crippen molar-refractivity contribution in [2.24, 2.45) is 0 Å². The molecule has 2 aromatic carbocycles. The largest absolute Gasteiger partial charge is 0.494 e. The van der Waals surface area contributed by atoms with Crippen molar-refractivity contribution < 1.29 is 19.0 Å². The van der Waals surface area contributed by atoms with Gasteiger partial charge in [-0.2, -0.15) is 0 Å². The monoisotopic (exact) mass is 343 g/mol. The van der Waals surface area contributed by atoms with E-state index in [0.29, 0.717) is 43.4 Å². The molecular weight excluding hydrogens is 318 g/mol. The Balaban J connectivity index is 2.09. The van der Waals surface area contributed by atoms with Gasteiger partial charge in [-0.25, -0.2) is 0 Å². The van der Waals surface area contributed by atoms with Gasteiger partial charge in [0.25, 0.3) is 5.91 Å². The van der Waals surface area contributed by atoms with Crippen LogP contribution in [0.3, 0.4) is 0 Å². The van der Waals surface area contributed by atoms with Gasteiger partial charge in [0, 0.05) is 17.7 Å². The molecule has 0 atom stereocenters. The lowest BCUT2D eigenvalue weighted by Crippen LogP contribution is -2.23. The number of hydrogen-bond acceptors (Lipinski definition) is 4. The van der Waals surface area contributed by atoms with E-state index in [-0.39, 0.29) is 5.91 Å². The second-order valence-corrected chi connectivity index (χ2v) is 5.25. The summed E-state index contributed by atoms with van der Waals surface area (Å²) in [6, 6.07) is 12.9. The zero-order valence-corrected chi connectivity index (χ0v) is 15.0. The Bertz CT molecular complexity index is 700. The lowest BCUT2D eigenvalue weighted by Gasteiger charge is -2.13. The van der Waals surface area contributed by atoms with Crippen molar-refractivity contribution in [1.82, 2.24) is 5.32 Å². The lowest BCUT2D eigenvalue weighted by molar-refractivity contribution is 0.0950. The number of carbonyl (C=O) groups is 1. The van der Waals surface area contributed by atoms with E-state index in [2.05, 4.69) is 5.32 Å². The number of benzene rings is 2. The summed E-state index contributed by atoms with van der Waals surface area (Å²) in [4.78, 5) is 12.5. The van der Waals surface area contributed by atoms with Crippen LogP contribution in [0.4, 0.5) is 0 Å². The molecule has 0 saturated heterocycles. The van der Waals surface area contributed by atoms with Crippen molar-refractivity contribution in [1.29, 1.82) is 0 Å². The summed E-state index contributed by atoms with van der Waals surface area (Å²) < 4.78 is 16.7. The summed E-state index contributed by atoms with van der Waals surface area (Å²) in [5.74, 6) is 1.83.